The summed E-state index contributed by atoms with van der Waals surface area (Å²) in [5, 5.41) is 0. The first kappa shape index (κ1) is 12.9. The molecule has 0 aliphatic heterocycles. The Kier molecular flexibility index (Phi) is 3.90. The van der Waals surface area contributed by atoms with Gasteiger partial charge in [-0.1, -0.05) is 36.4 Å². The minimum absolute atomic E-state index is 0.0364. The molecule has 1 atom stereocenters. The van der Waals surface area contributed by atoms with E-state index < -0.39 is 21.0 Å². The molecule has 4 nitrogen and oxygen atoms in total. The maximum Gasteiger partial charge on any atom is 0.110 e. The molecule has 0 heterocycles. The molecule has 0 fully saturated rings. The van der Waals surface area contributed by atoms with Gasteiger partial charge in [0.25, 0.3) is 0 Å². The summed E-state index contributed by atoms with van der Waals surface area (Å²) in [5.74, 6) is 0. The van der Waals surface area contributed by atoms with Crippen LogP contribution in [0.3, 0.4) is 0 Å². The zero-order chi connectivity index (χ0) is 13.0. The van der Waals surface area contributed by atoms with Crippen molar-refractivity contribution in [1.29, 1.82) is 0 Å². The fourth-order valence-electron chi connectivity index (χ4n) is 1.30. The van der Waals surface area contributed by atoms with E-state index >= 15 is 0 Å². The Morgan fingerprint density at radius 1 is 0.833 bits per heavy atom. The maximum atomic E-state index is 11.9. The van der Waals surface area contributed by atoms with Gasteiger partial charge in [0.15, 0.2) is 0 Å². The van der Waals surface area contributed by atoms with Crippen molar-refractivity contribution >= 4 is 21.0 Å². The normalized spacial score (nSPS) is 13.1. The van der Waals surface area contributed by atoms with Gasteiger partial charge in [0.2, 0.25) is 0 Å². The predicted octanol–water partition coefficient (Wildman–Crippen LogP) is 2.47. The van der Waals surface area contributed by atoms with Crippen LogP contribution in [0.15, 0.2) is 70.5 Å². The van der Waals surface area contributed by atoms with Crippen LogP contribution < -0.4 is 0 Å². The van der Waals surface area contributed by atoms with Crippen molar-refractivity contribution < 1.29 is 12.6 Å². The fraction of sp³-hybridized carbons (Fsp3) is 0. The van der Waals surface area contributed by atoms with Gasteiger partial charge in [-0.15, -0.1) is 0 Å². The van der Waals surface area contributed by atoms with Crippen molar-refractivity contribution in [2.75, 3.05) is 0 Å². The van der Waals surface area contributed by atoms with Crippen LogP contribution in [0.1, 0.15) is 0 Å². The molecular formula is C12H10NO3S2-. The van der Waals surface area contributed by atoms with Crippen LogP contribution in [0.25, 0.3) is 4.13 Å². The maximum absolute atomic E-state index is 11.9. The van der Waals surface area contributed by atoms with Crippen molar-refractivity contribution in [2.45, 2.75) is 9.79 Å². The number of hydrogen-bond donors (Lipinski definition) is 0. The highest BCUT2D eigenvalue weighted by Crippen LogP contribution is 2.21. The van der Waals surface area contributed by atoms with Crippen molar-refractivity contribution in [3.05, 3.63) is 64.8 Å². The highest BCUT2D eigenvalue weighted by Gasteiger charge is 2.05. The Morgan fingerprint density at radius 3 is 1.89 bits per heavy atom. The third-order valence-electron chi connectivity index (χ3n) is 2.15. The summed E-state index contributed by atoms with van der Waals surface area (Å²) in [6, 6.07) is 16.0. The Morgan fingerprint density at radius 2 is 1.33 bits per heavy atom. The highest BCUT2D eigenvalue weighted by atomic mass is 32.3. The lowest BCUT2D eigenvalue weighted by atomic mass is 10.4. The van der Waals surface area contributed by atoms with E-state index in [0.717, 1.165) is 0 Å². The van der Waals surface area contributed by atoms with E-state index in [4.69, 9.17) is 0 Å². The van der Waals surface area contributed by atoms with Crippen molar-refractivity contribution in [2.24, 2.45) is 0 Å². The van der Waals surface area contributed by atoms with E-state index in [0.29, 0.717) is 4.90 Å². The summed E-state index contributed by atoms with van der Waals surface area (Å²) >= 11 is 0. The SMILES string of the molecule is O=S([N-]S(=O)(=O)c1ccccc1)c1ccccc1. The fourth-order valence-corrected chi connectivity index (χ4v) is 3.60. The third kappa shape index (κ3) is 3.04. The first-order valence-electron chi connectivity index (χ1n) is 5.09. The quantitative estimate of drug-likeness (QED) is 0.864. The largest absolute Gasteiger partial charge is 0.455 e. The first-order valence-corrected chi connectivity index (χ1v) is 7.64. The molecule has 0 saturated carbocycles. The molecule has 0 aliphatic rings. The molecule has 0 aliphatic carbocycles. The summed E-state index contributed by atoms with van der Waals surface area (Å²) in [6.45, 7) is 0. The molecule has 6 heteroatoms. The second-order valence-corrected chi connectivity index (χ2v) is 6.41. The number of sulfonamides is 1. The molecule has 0 bridgehead atoms. The number of rotatable bonds is 4. The number of nitrogens with zero attached hydrogens (tertiary/aromatic N) is 1. The van der Waals surface area contributed by atoms with Gasteiger partial charge in [-0.3, -0.25) is 4.21 Å². The molecule has 0 spiro atoms. The van der Waals surface area contributed by atoms with Gasteiger partial charge in [0, 0.05) is 9.79 Å². The molecule has 2 rings (SSSR count). The average molecular weight is 280 g/mol. The van der Waals surface area contributed by atoms with E-state index in [1.54, 1.807) is 48.5 Å². The molecule has 0 aromatic heterocycles. The van der Waals surface area contributed by atoms with E-state index in [1.165, 1.54) is 12.1 Å². The van der Waals surface area contributed by atoms with Gasteiger partial charge in [-0.25, -0.2) is 8.42 Å². The molecule has 0 radical (unpaired) electrons. The standard InChI is InChI=1S/C12H10NO3S2/c14-17(11-7-3-1-4-8-11)13-18(15,16)12-9-5-2-6-10-12/h1-10H/q-1. The minimum atomic E-state index is -3.88. The number of benzene rings is 2. The van der Waals surface area contributed by atoms with Gasteiger partial charge < -0.3 is 4.13 Å². The Labute approximate surface area is 108 Å². The number of hydrogen-bond acceptors (Lipinski definition) is 3. The van der Waals surface area contributed by atoms with Gasteiger partial charge in [0.05, 0.1) is 0 Å². The van der Waals surface area contributed by atoms with Crippen LogP contribution >= 0.6 is 0 Å². The summed E-state index contributed by atoms with van der Waals surface area (Å²) in [5.41, 5.74) is 0. The lowest BCUT2D eigenvalue weighted by Crippen LogP contribution is -2.02. The minimum Gasteiger partial charge on any atom is -0.455 e. The Bertz CT molecular complexity index is 640. The Hall–Kier alpha value is -1.50. The predicted molar refractivity (Wildman–Crippen MR) is 69.8 cm³/mol. The summed E-state index contributed by atoms with van der Waals surface area (Å²) in [6.07, 6.45) is 0. The van der Waals surface area contributed by atoms with Crippen LogP contribution in [-0.2, 0) is 21.0 Å². The van der Waals surface area contributed by atoms with Crippen LogP contribution in [0.4, 0.5) is 0 Å². The molecule has 2 aromatic carbocycles. The molecule has 94 valence electrons. The van der Waals surface area contributed by atoms with Gasteiger partial charge >= 0.3 is 0 Å². The molecule has 0 saturated heterocycles. The zero-order valence-corrected chi connectivity index (χ0v) is 10.9. The summed E-state index contributed by atoms with van der Waals surface area (Å²) in [4.78, 5) is 0.395. The molecule has 0 amide bonds. The second kappa shape index (κ2) is 5.43. The monoisotopic (exact) mass is 280 g/mol. The van der Waals surface area contributed by atoms with Crippen LogP contribution in [0.5, 0.6) is 0 Å². The van der Waals surface area contributed by atoms with Crippen molar-refractivity contribution in [1.82, 2.24) is 0 Å². The van der Waals surface area contributed by atoms with Gasteiger partial charge in [-0.05, 0) is 35.3 Å². The van der Waals surface area contributed by atoms with E-state index in [-0.39, 0.29) is 4.90 Å². The van der Waals surface area contributed by atoms with E-state index in [2.05, 4.69) is 4.13 Å². The topological polar surface area (TPSA) is 65.3 Å². The lowest BCUT2D eigenvalue weighted by molar-refractivity contribution is 0.603. The molecule has 18 heavy (non-hydrogen) atoms. The van der Waals surface area contributed by atoms with Crippen LogP contribution in [0.2, 0.25) is 0 Å². The smallest absolute Gasteiger partial charge is 0.110 e. The highest BCUT2D eigenvalue weighted by molar-refractivity contribution is 8.09. The van der Waals surface area contributed by atoms with Gasteiger partial charge in [0.1, 0.15) is 10.0 Å². The first-order chi connectivity index (χ1) is 8.59. The zero-order valence-electron chi connectivity index (χ0n) is 9.26. The summed E-state index contributed by atoms with van der Waals surface area (Å²) in [7, 11) is -5.80. The van der Waals surface area contributed by atoms with Crippen molar-refractivity contribution in [3.8, 4) is 0 Å². The molecule has 2 aromatic rings. The van der Waals surface area contributed by atoms with Crippen molar-refractivity contribution in [3.63, 3.8) is 0 Å². The summed E-state index contributed by atoms with van der Waals surface area (Å²) < 4.78 is 38.9. The second-order valence-electron chi connectivity index (χ2n) is 3.42. The Balaban J connectivity index is 2.23. The average Bonchev–Trinajstić information content (AvgIpc) is 2.40. The lowest BCUT2D eigenvalue weighted by Gasteiger charge is -2.19. The van der Waals surface area contributed by atoms with E-state index in [1.807, 2.05) is 0 Å². The van der Waals surface area contributed by atoms with Gasteiger partial charge in [-0.2, -0.15) is 0 Å². The van der Waals surface area contributed by atoms with E-state index in [9.17, 15) is 12.6 Å². The van der Waals surface area contributed by atoms with Crippen LogP contribution in [0, 0.1) is 0 Å². The molecule has 1 unspecified atom stereocenters. The molecular weight excluding hydrogens is 270 g/mol. The van der Waals surface area contributed by atoms with Crippen LogP contribution in [-0.4, -0.2) is 12.6 Å². The third-order valence-corrected chi connectivity index (χ3v) is 5.02. The molecule has 0 N–H and O–H groups in total.